The minimum atomic E-state index is 0.317. The van der Waals surface area contributed by atoms with Crippen LogP contribution in [0.4, 0.5) is 0 Å². The van der Waals surface area contributed by atoms with Crippen molar-refractivity contribution in [3.05, 3.63) is 11.6 Å². The molecule has 0 N–H and O–H groups in total. The lowest BCUT2D eigenvalue weighted by molar-refractivity contribution is -0.114. The van der Waals surface area contributed by atoms with Crippen LogP contribution in [0.1, 0.15) is 72.1 Å². The number of hydrogen-bond donors (Lipinski definition) is 0. The van der Waals surface area contributed by atoms with Crippen LogP contribution in [0, 0.1) is 0 Å². The van der Waals surface area contributed by atoms with Gasteiger partial charge in [0.15, 0.2) is 5.78 Å². The molecule has 0 unspecified atom stereocenters. The van der Waals surface area contributed by atoms with Crippen molar-refractivity contribution in [2.24, 2.45) is 0 Å². The molecule has 0 aromatic carbocycles. The second-order valence-corrected chi connectivity index (χ2v) is 4.37. The van der Waals surface area contributed by atoms with Crippen LogP contribution in [0.2, 0.25) is 0 Å². The second kappa shape index (κ2) is 9.95. The molecule has 0 heterocycles. The van der Waals surface area contributed by atoms with Gasteiger partial charge in [-0.3, -0.25) is 4.79 Å². The Bertz CT molecular complexity index is 192. The van der Waals surface area contributed by atoms with Crippen molar-refractivity contribution in [2.75, 3.05) is 0 Å². The highest BCUT2D eigenvalue weighted by molar-refractivity contribution is 5.90. The Hall–Kier alpha value is -0.590. The van der Waals surface area contributed by atoms with Gasteiger partial charge in [0.2, 0.25) is 0 Å². The van der Waals surface area contributed by atoms with E-state index in [-0.39, 0.29) is 0 Å². The molecule has 0 spiro atoms. The molecule has 0 aromatic heterocycles. The van der Waals surface area contributed by atoms with Crippen LogP contribution >= 0.6 is 0 Å². The smallest absolute Gasteiger partial charge is 0.155 e. The lowest BCUT2D eigenvalue weighted by Gasteiger charge is -2.00. The van der Waals surface area contributed by atoms with E-state index in [0.29, 0.717) is 5.78 Å². The lowest BCUT2D eigenvalue weighted by Crippen LogP contribution is -1.94. The Morgan fingerprint density at radius 1 is 0.933 bits per heavy atom. The van der Waals surface area contributed by atoms with Gasteiger partial charge in [-0.1, -0.05) is 45.1 Å². The van der Waals surface area contributed by atoms with Crippen molar-refractivity contribution in [1.82, 2.24) is 0 Å². The first kappa shape index (κ1) is 14.4. The topological polar surface area (TPSA) is 17.1 Å². The van der Waals surface area contributed by atoms with Gasteiger partial charge in [-0.25, -0.2) is 0 Å². The first-order valence-electron chi connectivity index (χ1n) is 6.40. The van der Waals surface area contributed by atoms with Gasteiger partial charge in [0.05, 0.1) is 0 Å². The molecule has 0 aliphatic heterocycles. The number of carbonyl (C=O) groups excluding carboxylic acids is 1. The van der Waals surface area contributed by atoms with Gasteiger partial charge in [-0.05, 0) is 32.3 Å². The number of rotatable bonds is 9. The molecule has 1 nitrogen and oxygen atoms in total. The summed E-state index contributed by atoms with van der Waals surface area (Å²) >= 11 is 0. The first-order valence-corrected chi connectivity index (χ1v) is 6.40. The molecule has 0 radical (unpaired) electrons. The quantitative estimate of drug-likeness (QED) is 0.399. The Labute approximate surface area is 95.0 Å². The summed E-state index contributed by atoms with van der Waals surface area (Å²) in [6.07, 6.45) is 10.8. The molecule has 0 aliphatic carbocycles. The lowest BCUT2D eigenvalue weighted by atomic mass is 10.1. The summed E-state index contributed by atoms with van der Waals surface area (Å²) in [5.74, 6) is 0.317. The molecule has 0 saturated heterocycles. The molecular formula is C14H26O. The third-order valence-corrected chi connectivity index (χ3v) is 2.61. The van der Waals surface area contributed by atoms with E-state index in [0.717, 1.165) is 19.3 Å². The van der Waals surface area contributed by atoms with Crippen molar-refractivity contribution in [2.45, 2.75) is 72.1 Å². The van der Waals surface area contributed by atoms with E-state index in [1.165, 1.54) is 37.7 Å². The van der Waals surface area contributed by atoms with Crippen molar-refractivity contribution >= 4 is 5.78 Å². The highest BCUT2D eigenvalue weighted by atomic mass is 16.1. The highest BCUT2D eigenvalue weighted by Crippen LogP contribution is 2.09. The van der Waals surface area contributed by atoms with Crippen LogP contribution in [-0.4, -0.2) is 5.78 Å². The molecule has 88 valence electrons. The van der Waals surface area contributed by atoms with Crippen LogP contribution < -0.4 is 0 Å². The minimum Gasteiger partial charge on any atom is -0.295 e. The van der Waals surface area contributed by atoms with Crippen molar-refractivity contribution in [3.8, 4) is 0 Å². The van der Waals surface area contributed by atoms with Crippen LogP contribution in [-0.2, 0) is 4.79 Å². The Morgan fingerprint density at radius 2 is 1.47 bits per heavy atom. The third kappa shape index (κ3) is 9.71. The molecule has 0 bridgehead atoms. The first-order chi connectivity index (χ1) is 7.20. The predicted octanol–water partition coefficient (Wildman–Crippen LogP) is 4.66. The summed E-state index contributed by atoms with van der Waals surface area (Å²) < 4.78 is 0. The molecule has 0 aromatic rings. The zero-order valence-electron chi connectivity index (χ0n) is 10.6. The maximum absolute atomic E-state index is 11.5. The van der Waals surface area contributed by atoms with Crippen LogP contribution in [0.25, 0.3) is 0 Å². The maximum atomic E-state index is 11.5. The SMILES string of the molecule is CCCCCC(=O)/C=C(/C)CCCCC. The van der Waals surface area contributed by atoms with Crippen LogP contribution in [0.15, 0.2) is 11.6 Å². The van der Waals surface area contributed by atoms with E-state index in [1.54, 1.807) is 0 Å². The Morgan fingerprint density at radius 3 is 2.00 bits per heavy atom. The Kier molecular flexibility index (Phi) is 9.55. The van der Waals surface area contributed by atoms with Crippen LogP contribution in [0.3, 0.4) is 0 Å². The molecule has 15 heavy (non-hydrogen) atoms. The zero-order valence-corrected chi connectivity index (χ0v) is 10.6. The van der Waals surface area contributed by atoms with Gasteiger partial charge in [0, 0.05) is 6.42 Å². The summed E-state index contributed by atoms with van der Waals surface area (Å²) in [6, 6.07) is 0. The van der Waals surface area contributed by atoms with E-state index in [9.17, 15) is 4.79 Å². The zero-order chi connectivity index (χ0) is 11.5. The minimum absolute atomic E-state index is 0.317. The number of hydrogen-bond acceptors (Lipinski definition) is 1. The van der Waals surface area contributed by atoms with E-state index < -0.39 is 0 Å². The number of allylic oxidation sites excluding steroid dienone is 2. The van der Waals surface area contributed by atoms with Crippen molar-refractivity contribution < 1.29 is 4.79 Å². The number of carbonyl (C=O) groups is 1. The molecule has 0 aliphatic rings. The molecule has 1 heteroatoms. The highest BCUT2D eigenvalue weighted by Gasteiger charge is 1.98. The van der Waals surface area contributed by atoms with Gasteiger partial charge in [0.1, 0.15) is 0 Å². The fourth-order valence-electron chi connectivity index (χ4n) is 1.62. The summed E-state index contributed by atoms with van der Waals surface area (Å²) in [5, 5.41) is 0. The molecule has 0 saturated carbocycles. The molecule has 0 fully saturated rings. The van der Waals surface area contributed by atoms with E-state index in [1.807, 2.05) is 6.08 Å². The average Bonchev–Trinajstić information content (AvgIpc) is 2.18. The van der Waals surface area contributed by atoms with Gasteiger partial charge in [-0.2, -0.15) is 0 Å². The third-order valence-electron chi connectivity index (χ3n) is 2.61. The fraction of sp³-hybridized carbons (Fsp3) is 0.786. The fourth-order valence-corrected chi connectivity index (χ4v) is 1.62. The second-order valence-electron chi connectivity index (χ2n) is 4.37. The standard InChI is InChI=1S/C14H26O/c1-4-6-8-10-13(3)12-14(15)11-9-7-5-2/h12H,4-11H2,1-3H3/b13-12-. The molecular weight excluding hydrogens is 184 g/mol. The summed E-state index contributed by atoms with van der Waals surface area (Å²) in [5.41, 5.74) is 1.25. The van der Waals surface area contributed by atoms with E-state index >= 15 is 0 Å². The number of ketones is 1. The molecule has 0 atom stereocenters. The summed E-state index contributed by atoms with van der Waals surface area (Å²) in [6.45, 7) is 6.44. The van der Waals surface area contributed by atoms with Crippen LogP contribution in [0.5, 0.6) is 0 Å². The predicted molar refractivity (Wildman–Crippen MR) is 67.0 cm³/mol. The normalized spacial score (nSPS) is 11.8. The van der Waals surface area contributed by atoms with Gasteiger partial charge >= 0.3 is 0 Å². The molecule has 0 amide bonds. The summed E-state index contributed by atoms with van der Waals surface area (Å²) in [4.78, 5) is 11.5. The van der Waals surface area contributed by atoms with Gasteiger partial charge < -0.3 is 0 Å². The van der Waals surface area contributed by atoms with Crippen molar-refractivity contribution in [3.63, 3.8) is 0 Å². The largest absolute Gasteiger partial charge is 0.295 e. The van der Waals surface area contributed by atoms with Crippen molar-refractivity contribution in [1.29, 1.82) is 0 Å². The maximum Gasteiger partial charge on any atom is 0.155 e. The van der Waals surface area contributed by atoms with E-state index in [2.05, 4.69) is 20.8 Å². The number of unbranched alkanes of at least 4 members (excludes halogenated alkanes) is 4. The summed E-state index contributed by atoms with van der Waals surface area (Å²) in [7, 11) is 0. The molecule has 0 rings (SSSR count). The van der Waals surface area contributed by atoms with Gasteiger partial charge in [0.25, 0.3) is 0 Å². The van der Waals surface area contributed by atoms with Gasteiger partial charge in [-0.15, -0.1) is 0 Å². The average molecular weight is 210 g/mol. The monoisotopic (exact) mass is 210 g/mol. The van der Waals surface area contributed by atoms with E-state index in [4.69, 9.17) is 0 Å². The Balaban J connectivity index is 3.65.